The summed E-state index contributed by atoms with van der Waals surface area (Å²) in [5.41, 5.74) is 2.74. The molecule has 37 heavy (non-hydrogen) atoms. The van der Waals surface area contributed by atoms with Gasteiger partial charge in [-0.2, -0.15) is 5.26 Å². The van der Waals surface area contributed by atoms with E-state index in [0.717, 1.165) is 10.2 Å². The fraction of sp³-hybridized carbons (Fsp3) is 0.269. The van der Waals surface area contributed by atoms with Crippen molar-refractivity contribution in [1.29, 1.82) is 5.26 Å². The van der Waals surface area contributed by atoms with E-state index < -0.39 is 7.37 Å². The highest BCUT2D eigenvalue weighted by Crippen LogP contribution is 2.42. The van der Waals surface area contributed by atoms with Gasteiger partial charge in [0.15, 0.2) is 0 Å². The number of amides is 1. The van der Waals surface area contributed by atoms with E-state index >= 15 is 0 Å². The molecule has 1 atom stereocenters. The molecule has 0 fully saturated rings. The van der Waals surface area contributed by atoms with E-state index in [1.807, 2.05) is 36.2 Å². The molecule has 2 N–H and O–H groups in total. The van der Waals surface area contributed by atoms with E-state index in [9.17, 15) is 14.6 Å². The molecule has 1 aromatic heterocycles. The van der Waals surface area contributed by atoms with Gasteiger partial charge < -0.3 is 19.9 Å². The number of methoxy groups -OCH3 is 1. The molecular formula is C26H29BrN5O4P. The SMILES string of the molecule is CCOP(C)(=O)CN(C)CC=CC(=O)Nc1cc2c(Nc3cccc(Br)c3)c(C#N)cnc2cc1OC. The summed E-state index contributed by atoms with van der Waals surface area (Å²) < 4.78 is 24.0. The minimum Gasteiger partial charge on any atom is -0.494 e. The van der Waals surface area contributed by atoms with Gasteiger partial charge in [-0.05, 0) is 38.2 Å². The zero-order chi connectivity index (χ0) is 27.0. The van der Waals surface area contributed by atoms with Crippen molar-refractivity contribution < 1.29 is 18.6 Å². The average Bonchev–Trinajstić information content (AvgIpc) is 2.83. The number of anilines is 3. The van der Waals surface area contributed by atoms with Crippen LogP contribution < -0.4 is 15.4 Å². The lowest BCUT2D eigenvalue weighted by Gasteiger charge is -2.19. The molecule has 0 saturated heterocycles. The van der Waals surface area contributed by atoms with Crippen molar-refractivity contribution in [3.8, 4) is 11.8 Å². The molecular weight excluding hydrogens is 557 g/mol. The van der Waals surface area contributed by atoms with E-state index in [2.05, 4.69) is 37.6 Å². The third-order valence-corrected chi connectivity index (χ3v) is 7.54. The molecule has 0 radical (unpaired) electrons. The van der Waals surface area contributed by atoms with Gasteiger partial charge in [0.2, 0.25) is 13.3 Å². The van der Waals surface area contributed by atoms with Crippen LogP contribution in [0.5, 0.6) is 5.75 Å². The number of halogens is 1. The van der Waals surface area contributed by atoms with E-state index in [1.165, 1.54) is 19.4 Å². The fourth-order valence-electron chi connectivity index (χ4n) is 3.74. The van der Waals surface area contributed by atoms with Crippen LogP contribution in [0.4, 0.5) is 17.1 Å². The lowest BCUT2D eigenvalue weighted by Crippen LogP contribution is -2.20. The number of hydrogen-bond donors (Lipinski definition) is 2. The molecule has 194 valence electrons. The number of likely N-dealkylation sites (N-methyl/N-ethyl adjacent to an activating group) is 1. The molecule has 1 amide bonds. The molecule has 3 rings (SSSR count). The predicted octanol–water partition coefficient (Wildman–Crippen LogP) is 5.95. The summed E-state index contributed by atoms with van der Waals surface area (Å²) in [7, 11) is 0.612. The first-order valence-corrected chi connectivity index (χ1v) is 14.5. The van der Waals surface area contributed by atoms with Crippen molar-refractivity contribution in [2.45, 2.75) is 6.92 Å². The van der Waals surface area contributed by atoms with Crippen LogP contribution in [0.1, 0.15) is 12.5 Å². The molecule has 0 saturated carbocycles. The number of hydrogen-bond acceptors (Lipinski definition) is 8. The number of benzene rings is 2. The van der Waals surface area contributed by atoms with Gasteiger partial charge in [-0.1, -0.05) is 28.1 Å². The molecule has 3 aromatic rings. The molecule has 9 nitrogen and oxygen atoms in total. The number of ether oxygens (including phenoxy) is 1. The highest BCUT2D eigenvalue weighted by molar-refractivity contribution is 9.10. The number of rotatable bonds is 11. The Hall–Kier alpha value is -3.22. The summed E-state index contributed by atoms with van der Waals surface area (Å²) >= 11 is 3.46. The Morgan fingerprint density at radius 2 is 2.11 bits per heavy atom. The van der Waals surface area contributed by atoms with Gasteiger partial charge in [-0.25, -0.2) is 0 Å². The number of pyridine rings is 1. The highest BCUT2D eigenvalue weighted by Gasteiger charge is 2.17. The van der Waals surface area contributed by atoms with Crippen molar-refractivity contribution in [2.75, 3.05) is 50.9 Å². The van der Waals surface area contributed by atoms with E-state index in [4.69, 9.17) is 9.26 Å². The highest BCUT2D eigenvalue weighted by atomic mass is 79.9. The molecule has 1 unspecified atom stereocenters. The van der Waals surface area contributed by atoms with Crippen LogP contribution in [-0.4, -0.2) is 56.1 Å². The van der Waals surface area contributed by atoms with E-state index in [1.54, 1.807) is 31.8 Å². The molecule has 0 aliphatic heterocycles. The van der Waals surface area contributed by atoms with Crippen LogP contribution in [0, 0.1) is 11.3 Å². The number of nitrogens with one attached hydrogen (secondary N) is 2. The first-order chi connectivity index (χ1) is 17.7. The second-order valence-electron chi connectivity index (χ2n) is 8.37. The number of carbonyl (C=O) groups is 1. The van der Waals surface area contributed by atoms with Crippen LogP contribution in [0.15, 0.2) is 59.2 Å². The molecule has 11 heteroatoms. The second-order valence-corrected chi connectivity index (χ2v) is 11.9. The zero-order valence-electron chi connectivity index (χ0n) is 21.1. The topological polar surface area (TPSA) is 117 Å². The van der Waals surface area contributed by atoms with Crippen LogP contribution in [0.2, 0.25) is 0 Å². The van der Waals surface area contributed by atoms with Crippen LogP contribution in [-0.2, 0) is 13.9 Å². The van der Waals surface area contributed by atoms with Gasteiger partial charge in [0.25, 0.3) is 0 Å². The Kier molecular flexibility index (Phi) is 9.84. The van der Waals surface area contributed by atoms with Crippen LogP contribution in [0.3, 0.4) is 0 Å². The Morgan fingerprint density at radius 3 is 2.78 bits per heavy atom. The molecule has 0 aliphatic rings. The van der Waals surface area contributed by atoms with Gasteiger partial charge in [0.1, 0.15) is 11.8 Å². The monoisotopic (exact) mass is 585 g/mol. The van der Waals surface area contributed by atoms with Gasteiger partial charge in [0.05, 0.1) is 42.5 Å². The standard InChI is InChI=1S/C26H29BrN5O4P/c1-5-36-37(4,34)17-32(2)11-7-10-25(33)31-23-13-21-22(14-24(23)35-3)29-16-18(15-28)26(21)30-20-9-6-8-19(27)12-20/h6-10,12-14,16H,5,11,17H2,1-4H3,(H,29,30)(H,31,33). The normalized spacial score (nSPS) is 12.9. The number of carbonyl (C=O) groups excluding carboxylic acids is 1. The first kappa shape index (κ1) is 28.4. The maximum Gasteiger partial charge on any atom is 0.248 e. The summed E-state index contributed by atoms with van der Waals surface area (Å²) in [4.78, 5) is 18.9. The van der Waals surface area contributed by atoms with E-state index in [0.29, 0.717) is 46.7 Å². The number of fused-ring (bicyclic) bond motifs is 1. The fourth-order valence-corrected chi connectivity index (χ4v) is 5.76. The summed E-state index contributed by atoms with van der Waals surface area (Å²) in [6.45, 7) is 4.21. The Bertz CT molecular complexity index is 1410. The summed E-state index contributed by atoms with van der Waals surface area (Å²) in [5.74, 6) is 0.0713. The predicted molar refractivity (Wildman–Crippen MR) is 151 cm³/mol. The van der Waals surface area contributed by atoms with Crippen molar-refractivity contribution >= 4 is 57.2 Å². The molecule has 1 heterocycles. The smallest absolute Gasteiger partial charge is 0.248 e. The van der Waals surface area contributed by atoms with Crippen molar-refractivity contribution in [2.24, 2.45) is 0 Å². The van der Waals surface area contributed by atoms with Gasteiger partial charge in [-0.3, -0.25) is 19.2 Å². The van der Waals surface area contributed by atoms with Crippen molar-refractivity contribution in [3.63, 3.8) is 0 Å². The maximum atomic E-state index is 12.7. The Morgan fingerprint density at radius 1 is 1.32 bits per heavy atom. The molecule has 0 spiro atoms. The molecule has 2 aromatic carbocycles. The average molecular weight is 586 g/mol. The number of nitriles is 1. The first-order valence-electron chi connectivity index (χ1n) is 11.5. The van der Waals surface area contributed by atoms with Gasteiger partial charge in [-0.15, -0.1) is 0 Å². The quantitative estimate of drug-likeness (QED) is 0.209. The summed E-state index contributed by atoms with van der Waals surface area (Å²) in [6.07, 6.45) is 4.88. The molecule has 0 aliphatic carbocycles. The number of nitrogens with zero attached hydrogens (tertiary/aromatic N) is 3. The third kappa shape index (κ3) is 7.88. The lowest BCUT2D eigenvalue weighted by molar-refractivity contribution is -0.111. The lowest BCUT2D eigenvalue weighted by atomic mass is 10.1. The van der Waals surface area contributed by atoms with Crippen molar-refractivity contribution in [3.05, 3.63) is 64.8 Å². The maximum absolute atomic E-state index is 12.7. The Balaban J connectivity index is 1.85. The minimum atomic E-state index is -2.70. The van der Waals surface area contributed by atoms with Crippen LogP contribution >= 0.6 is 23.3 Å². The summed E-state index contributed by atoms with van der Waals surface area (Å²) in [5, 5.41) is 16.5. The number of aromatic nitrogens is 1. The second kappa shape index (κ2) is 12.8. The van der Waals surface area contributed by atoms with Crippen LogP contribution in [0.25, 0.3) is 10.9 Å². The van der Waals surface area contributed by atoms with Gasteiger partial charge in [0, 0.05) is 47.1 Å². The zero-order valence-corrected chi connectivity index (χ0v) is 23.6. The molecule has 0 bridgehead atoms. The Labute approximate surface area is 225 Å². The summed E-state index contributed by atoms with van der Waals surface area (Å²) in [6, 6.07) is 13.2. The van der Waals surface area contributed by atoms with Crippen molar-refractivity contribution in [1.82, 2.24) is 9.88 Å². The van der Waals surface area contributed by atoms with E-state index in [-0.39, 0.29) is 12.2 Å². The third-order valence-electron chi connectivity index (χ3n) is 5.25. The minimum absolute atomic E-state index is 0.285. The van der Waals surface area contributed by atoms with Gasteiger partial charge >= 0.3 is 0 Å². The largest absolute Gasteiger partial charge is 0.494 e.